The number of halogens is 1. The molecule has 2 aromatic carbocycles. The second-order valence-electron chi connectivity index (χ2n) is 7.76. The third kappa shape index (κ3) is 6.14. The van der Waals surface area contributed by atoms with Crippen LogP contribution < -0.4 is 18.9 Å². The normalized spacial score (nSPS) is 10.4. The Kier molecular flexibility index (Phi) is 10.7. The number of rotatable bonds is 10. The van der Waals surface area contributed by atoms with E-state index in [0.29, 0.717) is 63.0 Å². The molecule has 0 bridgehead atoms. The second-order valence-corrected chi connectivity index (χ2v) is 8.72. The molecule has 0 atom stereocenters. The van der Waals surface area contributed by atoms with E-state index < -0.39 is 0 Å². The lowest BCUT2D eigenvalue weighted by Crippen LogP contribution is -2.16. The fraction of sp³-hybridized carbons (Fsp3) is 0.346. The maximum Gasteiger partial charge on any atom is 0.286 e. The molecule has 1 aromatic heterocycles. The molecule has 0 saturated heterocycles. The van der Waals surface area contributed by atoms with Gasteiger partial charge in [0.25, 0.3) is 5.24 Å². The Bertz CT molecular complexity index is 1210. The number of carbonyl (C=O) groups excluding carboxylic acids is 2. The molecule has 1 amide bonds. The Morgan fingerprint density at radius 2 is 1.61 bits per heavy atom. The van der Waals surface area contributed by atoms with Crippen LogP contribution in [0.4, 0.5) is 4.79 Å². The average Bonchev–Trinajstić information content (AvgIpc) is 2.87. The summed E-state index contributed by atoms with van der Waals surface area (Å²) in [6, 6.07) is 6.85. The smallest absolute Gasteiger partial charge is 0.286 e. The van der Waals surface area contributed by atoms with Crippen molar-refractivity contribution in [1.29, 1.82) is 0 Å². The molecule has 10 heteroatoms. The van der Waals surface area contributed by atoms with Crippen LogP contribution >= 0.6 is 24.2 Å². The standard InChI is InChI=1S/C26H30N2O6S.ClH/c1-7-11-34-24-21(31-5)12-16(13-22(24)32-6)23(29)18-14-27-15-19-17(18)9-10-20(33-8-2)25(19)35-26(30)28(3)4;/h9-10,12-15H,7-8,11H2,1-6H3;1H. The number of nitrogens with zero attached hydrogens (tertiary/aromatic N) is 2. The first-order valence-corrected chi connectivity index (χ1v) is 12.0. The van der Waals surface area contributed by atoms with Gasteiger partial charge in [0.05, 0.1) is 32.3 Å². The Balaban J connectivity index is 0.00000456. The highest BCUT2D eigenvalue weighted by molar-refractivity contribution is 8.13. The van der Waals surface area contributed by atoms with Crippen molar-refractivity contribution in [1.82, 2.24) is 9.88 Å². The number of amides is 1. The van der Waals surface area contributed by atoms with Crippen molar-refractivity contribution in [3.8, 4) is 23.0 Å². The van der Waals surface area contributed by atoms with Crippen LogP contribution in [-0.2, 0) is 0 Å². The van der Waals surface area contributed by atoms with Gasteiger partial charge in [0.2, 0.25) is 5.75 Å². The van der Waals surface area contributed by atoms with E-state index in [1.165, 1.54) is 25.3 Å². The monoisotopic (exact) mass is 534 g/mol. The zero-order chi connectivity index (χ0) is 25.5. The molecule has 0 aliphatic heterocycles. The summed E-state index contributed by atoms with van der Waals surface area (Å²) in [5.74, 6) is 1.56. The Labute approximate surface area is 221 Å². The van der Waals surface area contributed by atoms with Gasteiger partial charge in [-0.2, -0.15) is 0 Å². The molecule has 0 N–H and O–H groups in total. The first-order chi connectivity index (χ1) is 16.9. The Morgan fingerprint density at radius 1 is 0.944 bits per heavy atom. The van der Waals surface area contributed by atoms with E-state index in [0.717, 1.165) is 18.2 Å². The van der Waals surface area contributed by atoms with Crippen molar-refractivity contribution in [2.75, 3.05) is 41.5 Å². The predicted octanol–water partition coefficient (Wildman–Crippen LogP) is 5.87. The maximum atomic E-state index is 13.7. The third-order valence-corrected chi connectivity index (χ3v) is 6.29. The summed E-state index contributed by atoms with van der Waals surface area (Å²) in [5.41, 5.74) is 0.750. The van der Waals surface area contributed by atoms with Gasteiger partial charge < -0.3 is 23.8 Å². The van der Waals surface area contributed by atoms with E-state index in [9.17, 15) is 9.59 Å². The van der Waals surface area contributed by atoms with Crippen molar-refractivity contribution in [2.45, 2.75) is 25.2 Å². The van der Waals surface area contributed by atoms with Gasteiger partial charge in [0.15, 0.2) is 17.3 Å². The van der Waals surface area contributed by atoms with Gasteiger partial charge in [-0.1, -0.05) is 6.92 Å². The van der Waals surface area contributed by atoms with Gasteiger partial charge in [0, 0.05) is 43.0 Å². The fourth-order valence-electron chi connectivity index (χ4n) is 3.45. The van der Waals surface area contributed by atoms with E-state index in [4.69, 9.17) is 18.9 Å². The number of hydrogen-bond donors (Lipinski definition) is 0. The van der Waals surface area contributed by atoms with E-state index in [1.807, 2.05) is 19.9 Å². The molecule has 0 radical (unpaired) electrons. The molecule has 8 nitrogen and oxygen atoms in total. The van der Waals surface area contributed by atoms with E-state index in [2.05, 4.69) is 4.98 Å². The van der Waals surface area contributed by atoms with Crippen LogP contribution in [-0.4, -0.2) is 62.4 Å². The number of methoxy groups -OCH3 is 2. The molecule has 0 saturated carbocycles. The number of benzene rings is 2. The fourth-order valence-corrected chi connectivity index (χ4v) is 4.30. The van der Waals surface area contributed by atoms with Crippen LogP contribution in [0.1, 0.15) is 36.2 Å². The van der Waals surface area contributed by atoms with Crippen molar-refractivity contribution < 1.29 is 28.5 Å². The highest BCUT2D eigenvalue weighted by Gasteiger charge is 2.23. The van der Waals surface area contributed by atoms with Gasteiger partial charge in [-0.05, 0) is 54.8 Å². The molecule has 0 fully saturated rings. The number of carbonyl (C=O) groups is 2. The van der Waals surface area contributed by atoms with Gasteiger partial charge in [-0.3, -0.25) is 14.6 Å². The zero-order valence-corrected chi connectivity index (χ0v) is 22.9. The van der Waals surface area contributed by atoms with Gasteiger partial charge in [0.1, 0.15) is 5.75 Å². The lowest BCUT2D eigenvalue weighted by atomic mass is 9.98. The van der Waals surface area contributed by atoms with Crippen LogP contribution in [0.25, 0.3) is 10.8 Å². The minimum absolute atomic E-state index is 0. The Morgan fingerprint density at radius 3 is 2.17 bits per heavy atom. The number of ether oxygens (including phenoxy) is 4. The quantitative estimate of drug-likeness (QED) is 0.236. The highest BCUT2D eigenvalue weighted by atomic mass is 35.5. The lowest BCUT2D eigenvalue weighted by Gasteiger charge is -2.17. The number of fused-ring (bicyclic) bond motifs is 1. The summed E-state index contributed by atoms with van der Waals surface area (Å²) in [6.45, 7) is 4.80. The number of pyridine rings is 1. The van der Waals surface area contributed by atoms with Crippen LogP contribution in [0.15, 0.2) is 41.6 Å². The van der Waals surface area contributed by atoms with Crippen molar-refractivity contribution in [3.05, 3.63) is 47.8 Å². The molecular formula is C26H31ClN2O6S. The molecule has 0 spiro atoms. The molecule has 36 heavy (non-hydrogen) atoms. The van der Waals surface area contributed by atoms with Crippen molar-refractivity contribution in [2.24, 2.45) is 0 Å². The van der Waals surface area contributed by atoms with Gasteiger partial charge in [-0.15, -0.1) is 12.4 Å². The zero-order valence-electron chi connectivity index (χ0n) is 21.2. The number of hydrogen-bond acceptors (Lipinski definition) is 8. The number of ketones is 1. The minimum atomic E-state index is -0.263. The summed E-state index contributed by atoms with van der Waals surface area (Å²) in [5, 5.41) is 1.16. The predicted molar refractivity (Wildman–Crippen MR) is 144 cm³/mol. The summed E-state index contributed by atoms with van der Waals surface area (Å²) >= 11 is 1.04. The second kappa shape index (κ2) is 13.2. The largest absolute Gasteiger partial charge is 0.493 e. The molecule has 0 unspecified atom stereocenters. The number of thioether (sulfide) groups is 1. The lowest BCUT2D eigenvalue weighted by molar-refractivity contribution is 0.103. The molecule has 0 aliphatic rings. The van der Waals surface area contributed by atoms with Crippen molar-refractivity contribution >= 4 is 46.0 Å². The third-order valence-electron chi connectivity index (χ3n) is 5.13. The van der Waals surface area contributed by atoms with Gasteiger partial charge in [-0.25, -0.2) is 0 Å². The first kappa shape index (κ1) is 29.1. The summed E-state index contributed by atoms with van der Waals surface area (Å²) in [6.07, 6.45) is 3.98. The molecule has 3 rings (SSSR count). The van der Waals surface area contributed by atoms with Crippen LogP contribution in [0.2, 0.25) is 0 Å². The van der Waals surface area contributed by atoms with E-state index >= 15 is 0 Å². The SMILES string of the molecule is CCCOc1c(OC)cc(C(=O)c2cncc3c(SC(=O)N(C)C)c(OCC)ccc23)cc1OC.Cl. The summed E-state index contributed by atoms with van der Waals surface area (Å²) in [7, 11) is 6.40. The maximum absolute atomic E-state index is 13.7. The average molecular weight is 535 g/mol. The minimum Gasteiger partial charge on any atom is -0.493 e. The van der Waals surface area contributed by atoms with E-state index in [1.54, 1.807) is 38.5 Å². The summed E-state index contributed by atoms with van der Waals surface area (Å²) < 4.78 is 22.5. The van der Waals surface area contributed by atoms with Crippen LogP contribution in [0, 0.1) is 0 Å². The molecule has 0 aliphatic carbocycles. The van der Waals surface area contributed by atoms with Gasteiger partial charge >= 0.3 is 0 Å². The molecule has 1 heterocycles. The Hall–Kier alpha value is -3.17. The number of aromatic nitrogens is 1. The topological polar surface area (TPSA) is 87.2 Å². The molecular weight excluding hydrogens is 504 g/mol. The first-order valence-electron chi connectivity index (χ1n) is 11.2. The van der Waals surface area contributed by atoms with Crippen molar-refractivity contribution in [3.63, 3.8) is 0 Å². The molecule has 194 valence electrons. The highest BCUT2D eigenvalue weighted by Crippen LogP contribution is 2.41. The van der Waals surface area contributed by atoms with E-state index in [-0.39, 0.29) is 23.4 Å². The summed E-state index contributed by atoms with van der Waals surface area (Å²) in [4.78, 5) is 32.6. The van der Waals surface area contributed by atoms with Crippen LogP contribution in [0.5, 0.6) is 23.0 Å². The van der Waals surface area contributed by atoms with Crippen LogP contribution in [0.3, 0.4) is 0 Å². The molecule has 3 aromatic rings.